The number of halogens is 4. The van der Waals surface area contributed by atoms with Gasteiger partial charge in [0.15, 0.2) is 0 Å². The molecule has 6 nitrogen and oxygen atoms in total. The van der Waals surface area contributed by atoms with Crippen LogP contribution >= 0.6 is 0 Å². The molecule has 0 N–H and O–H groups in total. The van der Waals surface area contributed by atoms with E-state index in [1.807, 2.05) is 27.7 Å². The van der Waals surface area contributed by atoms with Crippen LogP contribution in [0.15, 0.2) is 91.0 Å². The van der Waals surface area contributed by atoms with E-state index < -0.39 is 24.0 Å². The van der Waals surface area contributed by atoms with Crippen LogP contribution in [0.1, 0.15) is 76.3 Å². The number of hydrogen-bond donors (Lipinski definition) is 0. The predicted molar refractivity (Wildman–Crippen MR) is 177 cm³/mol. The van der Waals surface area contributed by atoms with Gasteiger partial charge < -0.3 is 18.9 Å². The SMILES string of the molecule is C=C(C)C(=O)OCc1ccc(C(C)(F)F)cc1.C=C(C)C(=O)OCc1ccc(C(F)(F)Oc2ccc(OC)c(C)c2)cc1.CC.CC. The third-order valence-corrected chi connectivity index (χ3v) is 5.80. The number of carbonyl (C=O) groups excluding carboxylic acids is 2. The molecule has 10 heteroatoms. The van der Waals surface area contributed by atoms with E-state index in [2.05, 4.69) is 13.2 Å². The van der Waals surface area contributed by atoms with E-state index in [4.69, 9.17) is 18.9 Å². The van der Waals surface area contributed by atoms with Gasteiger partial charge in [-0.2, -0.15) is 8.78 Å². The lowest BCUT2D eigenvalue weighted by Gasteiger charge is -2.19. The fourth-order valence-corrected chi connectivity index (χ4v) is 3.35. The van der Waals surface area contributed by atoms with Crippen LogP contribution in [0.3, 0.4) is 0 Å². The fourth-order valence-electron chi connectivity index (χ4n) is 3.35. The van der Waals surface area contributed by atoms with E-state index in [0.29, 0.717) is 28.0 Å². The van der Waals surface area contributed by atoms with Gasteiger partial charge in [0.2, 0.25) is 0 Å². The molecule has 0 spiro atoms. The van der Waals surface area contributed by atoms with Crippen molar-refractivity contribution in [1.82, 2.24) is 0 Å². The van der Waals surface area contributed by atoms with E-state index in [0.717, 1.165) is 6.92 Å². The minimum atomic E-state index is -3.51. The summed E-state index contributed by atoms with van der Waals surface area (Å²) in [6.45, 7) is 20.6. The Labute approximate surface area is 276 Å². The summed E-state index contributed by atoms with van der Waals surface area (Å²) in [6, 6.07) is 15.5. The van der Waals surface area contributed by atoms with E-state index in [1.165, 1.54) is 74.7 Å². The fraction of sp³-hybridized carbons (Fsp3) is 0.351. The van der Waals surface area contributed by atoms with Crippen LogP contribution in [0.2, 0.25) is 0 Å². The molecule has 3 rings (SSSR count). The topological polar surface area (TPSA) is 71.1 Å². The molecule has 0 aliphatic rings. The van der Waals surface area contributed by atoms with Gasteiger partial charge in [0.25, 0.3) is 5.92 Å². The summed E-state index contributed by atoms with van der Waals surface area (Å²) in [5.41, 5.74) is 2.15. The zero-order valence-electron chi connectivity index (χ0n) is 28.6. The first-order valence-corrected chi connectivity index (χ1v) is 15.0. The lowest BCUT2D eigenvalue weighted by Crippen LogP contribution is -2.22. The lowest BCUT2D eigenvalue weighted by atomic mass is 10.1. The molecule has 0 aromatic heterocycles. The first-order chi connectivity index (χ1) is 22.0. The first kappa shape index (κ1) is 42.4. The summed E-state index contributed by atoms with van der Waals surface area (Å²) in [5.74, 6) is -3.25. The predicted octanol–water partition coefficient (Wildman–Crippen LogP) is 10.2. The second kappa shape index (κ2) is 20.5. The smallest absolute Gasteiger partial charge is 0.426 e. The lowest BCUT2D eigenvalue weighted by molar-refractivity contribution is -0.185. The van der Waals surface area contributed by atoms with Crippen LogP contribution in [0.4, 0.5) is 17.6 Å². The van der Waals surface area contributed by atoms with Crippen molar-refractivity contribution in [2.45, 2.75) is 80.6 Å². The van der Waals surface area contributed by atoms with E-state index in [1.54, 1.807) is 19.9 Å². The van der Waals surface area contributed by atoms with Gasteiger partial charge in [-0.3, -0.25) is 0 Å². The molecule has 0 unspecified atom stereocenters. The first-order valence-electron chi connectivity index (χ1n) is 15.0. The molecule has 3 aromatic carbocycles. The second-order valence-electron chi connectivity index (χ2n) is 9.75. The van der Waals surface area contributed by atoms with Crippen molar-refractivity contribution in [3.8, 4) is 11.5 Å². The third kappa shape index (κ3) is 15.0. The Morgan fingerprint density at radius 2 is 1.11 bits per heavy atom. The van der Waals surface area contributed by atoms with Crippen molar-refractivity contribution in [3.05, 3.63) is 119 Å². The number of aryl methyl sites for hydroxylation is 1. The number of ether oxygens (including phenoxy) is 4. The van der Waals surface area contributed by atoms with E-state index >= 15 is 0 Å². The van der Waals surface area contributed by atoms with Crippen LogP contribution in [0.5, 0.6) is 11.5 Å². The highest BCUT2D eigenvalue weighted by atomic mass is 19.3. The second-order valence-corrected chi connectivity index (χ2v) is 9.75. The minimum Gasteiger partial charge on any atom is -0.496 e. The third-order valence-electron chi connectivity index (χ3n) is 5.80. The highest BCUT2D eigenvalue weighted by Crippen LogP contribution is 2.33. The van der Waals surface area contributed by atoms with Crippen LogP contribution in [0, 0.1) is 6.92 Å². The van der Waals surface area contributed by atoms with Gasteiger partial charge in [-0.1, -0.05) is 77.3 Å². The maximum Gasteiger partial charge on any atom is 0.426 e. The monoisotopic (exact) mass is 662 g/mol. The summed E-state index contributed by atoms with van der Waals surface area (Å²) in [5, 5.41) is 0. The van der Waals surface area contributed by atoms with Crippen LogP contribution < -0.4 is 9.47 Å². The highest BCUT2D eigenvalue weighted by molar-refractivity contribution is 5.87. The van der Waals surface area contributed by atoms with Gasteiger partial charge in [0.05, 0.1) is 12.7 Å². The number of hydrogen-bond acceptors (Lipinski definition) is 6. The van der Waals surface area contributed by atoms with Crippen LogP contribution in [-0.2, 0) is 44.3 Å². The summed E-state index contributed by atoms with van der Waals surface area (Å²) < 4.78 is 74.3. The molecule has 0 saturated heterocycles. The molecule has 0 aliphatic carbocycles. The maximum atomic E-state index is 14.4. The summed E-state index contributed by atoms with van der Waals surface area (Å²) in [6.07, 6.45) is -3.51. The van der Waals surface area contributed by atoms with Crippen LogP contribution in [-0.4, -0.2) is 19.0 Å². The van der Waals surface area contributed by atoms with E-state index in [9.17, 15) is 27.2 Å². The molecule has 47 heavy (non-hydrogen) atoms. The van der Waals surface area contributed by atoms with Crippen molar-refractivity contribution < 1.29 is 46.1 Å². The molecule has 0 amide bonds. The summed E-state index contributed by atoms with van der Waals surface area (Å²) in [7, 11) is 1.51. The summed E-state index contributed by atoms with van der Waals surface area (Å²) >= 11 is 0. The molecule has 258 valence electrons. The van der Waals surface area contributed by atoms with Gasteiger partial charge in [-0.15, -0.1) is 0 Å². The van der Waals surface area contributed by atoms with Crippen LogP contribution in [0.25, 0.3) is 0 Å². The molecular weight excluding hydrogens is 616 g/mol. The molecular formula is C37H46F4O6. The zero-order chi connectivity index (χ0) is 36.4. The quantitative estimate of drug-likeness (QED) is 0.116. The molecule has 0 atom stereocenters. The number of alkyl halides is 4. The van der Waals surface area contributed by atoms with Crippen molar-refractivity contribution in [3.63, 3.8) is 0 Å². The van der Waals surface area contributed by atoms with Gasteiger partial charge in [-0.25, -0.2) is 18.4 Å². The van der Waals surface area contributed by atoms with Crippen molar-refractivity contribution in [2.75, 3.05) is 7.11 Å². The minimum absolute atomic E-state index is 0.0178. The van der Waals surface area contributed by atoms with Gasteiger partial charge >= 0.3 is 18.0 Å². The highest BCUT2D eigenvalue weighted by Gasteiger charge is 2.34. The molecule has 0 bridgehead atoms. The average molecular weight is 663 g/mol. The normalized spacial score (nSPS) is 10.3. The van der Waals surface area contributed by atoms with Crippen molar-refractivity contribution in [1.29, 1.82) is 0 Å². The van der Waals surface area contributed by atoms with Gasteiger partial charge in [0, 0.05) is 23.6 Å². The zero-order valence-corrected chi connectivity index (χ0v) is 28.6. The summed E-state index contributed by atoms with van der Waals surface area (Å²) in [4.78, 5) is 22.4. The molecule has 0 heterocycles. The molecule has 0 saturated carbocycles. The Morgan fingerprint density at radius 3 is 1.45 bits per heavy atom. The number of esters is 2. The Balaban J connectivity index is 0.000000873. The van der Waals surface area contributed by atoms with E-state index in [-0.39, 0.29) is 35.7 Å². The Morgan fingerprint density at radius 1 is 0.702 bits per heavy atom. The Kier molecular flexibility index (Phi) is 18.5. The Hall–Kier alpha value is -4.60. The standard InChI is InChI=1S/C20H20F2O4.C13H14F2O2.2C2H6/c1-13(2)19(23)25-12-15-5-7-16(8-6-15)20(21,22)26-17-9-10-18(24-4)14(3)11-17;1-9(2)12(16)17-8-10-4-6-11(7-5-10)13(3,14)15;2*1-2/h5-11H,1,12H2,2-4H3;4-7H,1,8H2,2-3H3;2*1-2H3. The number of carbonyl (C=O) groups is 2. The average Bonchev–Trinajstić information content (AvgIpc) is 3.04. The van der Waals surface area contributed by atoms with Gasteiger partial charge in [0.1, 0.15) is 24.7 Å². The number of rotatable bonds is 11. The van der Waals surface area contributed by atoms with Crippen molar-refractivity contribution in [2.24, 2.45) is 0 Å². The largest absolute Gasteiger partial charge is 0.496 e. The Bertz CT molecular complexity index is 1430. The molecule has 0 aliphatic heterocycles. The molecule has 0 fully saturated rings. The number of methoxy groups -OCH3 is 1. The molecule has 3 aromatic rings. The molecule has 0 radical (unpaired) electrons. The van der Waals surface area contributed by atoms with Gasteiger partial charge in [-0.05, 0) is 67.8 Å². The number of benzene rings is 3. The maximum absolute atomic E-state index is 14.4. The van der Waals surface area contributed by atoms with Crippen molar-refractivity contribution >= 4 is 11.9 Å².